The Bertz CT molecular complexity index is 328. The largest absolute Gasteiger partial charge is 0.325 e. The van der Waals surface area contributed by atoms with Crippen LogP contribution in [-0.2, 0) is 9.84 Å². The molecule has 1 rings (SSSR count). The average molecular weight is 254 g/mol. The van der Waals surface area contributed by atoms with Gasteiger partial charge in [0.25, 0.3) is 0 Å². The predicted molar refractivity (Wildman–Crippen MR) is 59.9 cm³/mol. The van der Waals surface area contributed by atoms with Gasteiger partial charge < -0.3 is 4.90 Å². The molecule has 1 fully saturated rings. The highest BCUT2D eigenvalue weighted by atomic mass is 35.5. The van der Waals surface area contributed by atoms with E-state index >= 15 is 0 Å². The van der Waals surface area contributed by atoms with Gasteiger partial charge in [-0.2, -0.15) is 0 Å². The fourth-order valence-electron chi connectivity index (χ4n) is 1.76. The lowest BCUT2D eigenvalue weighted by Gasteiger charge is -2.25. The molecule has 0 radical (unpaired) electrons. The molecule has 1 aliphatic heterocycles. The van der Waals surface area contributed by atoms with E-state index in [0.29, 0.717) is 13.0 Å². The molecule has 1 aliphatic rings. The van der Waals surface area contributed by atoms with Gasteiger partial charge in [0.2, 0.25) is 0 Å². The topological polar surface area (TPSA) is 54.5 Å². The minimum absolute atomic E-state index is 0.0647. The molecule has 1 saturated heterocycles. The van der Waals surface area contributed by atoms with Crippen LogP contribution in [0.3, 0.4) is 0 Å². The summed E-state index contributed by atoms with van der Waals surface area (Å²) >= 11 is 5.44. The summed E-state index contributed by atoms with van der Waals surface area (Å²) < 4.78 is 22.5. The summed E-state index contributed by atoms with van der Waals surface area (Å²) in [6.07, 6.45) is 2.33. The van der Waals surface area contributed by atoms with E-state index in [-0.39, 0.29) is 17.5 Å². The lowest BCUT2D eigenvalue weighted by Crippen LogP contribution is -2.38. The van der Waals surface area contributed by atoms with Crippen LogP contribution in [0.4, 0.5) is 4.79 Å². The third-order valence-electron chi connectivity index (χ3n) is 2.63. The molecular formula is C9H16ClNO3S. The van der Waals surface area contributed by atoms with Crippen molar-refractivity contribution in [2.75, 3.05) is 18.1 Å². The van der Waals surface area contributed by atoms with E-state index in [9.17, 15) is 13.2 Å². The second-order valence-electron chi connectivity index (χ2n) is 3.86. The van der Waals surface area contributed by atoms with Gasteiger partial charge in [0.1, 0.15) is 0 Å². The van der Waals surface area contributed by atoms with Crippen molar-refractivity contribution in [3.63, 3.8) is 0 Å². The first kappa shape index (κ1) is 12.8. The number of unbranched alkanes of at least 4 members (excludes halogenated alkanes) is 1. The second-order valence-corrected chi connectivity index (χ2v) is 6.41. The summed E-state index contributed by atoms with van der Waals surface area (Å²) in [5.41, 5.74) is 0. The van der Waals surface area contributed by atoms with Gasteiger partial charge in [0.05, 0.1) is 11.5 Å². The highest BCUT2D eigenvalue weighted by molar-refractivity contribution is 7.91. The standard InChI is InChI=1S/C9H16ClNO3S/c1-2-3-5-11(9(10)12)8-4-6-15(13,14)7-8/h8H,2-7H2,1H3. The molecule has 6 heteroatoms. The molecule has 0 aromatic heterocycles. The van der Waals surface area contributed by atoms with Crippen molar-refractivity contribution in [1.29, 1.82) is 0 Å². The maximum Gasteiger partial charge on any atom is 0.316 e. The van der Waals surface area contributed by atoms with Crippen LogP contribution in [0.5, 0.6) is 0 Å². The van der Waals surface area contributed by atoms with Crippen LogP contribution in [0, 0.1) is 0 Å². The highest BCUT2D eigenvalue weighted by Crippen LogP contribution is 2.19. The van der Waals surface area contributed by atoms with Crippen LogP contribution in [0.2, 0.25) is 0 Å². The maximum absolute atomic E-state index is 11.3. The normalized spacial score (nSPS) is 24.0. The van der Waals surface area contributed by atoms with Crippen molar-refractivity contribution in [2.45, 2.75) is 32.2 Å². The average Bonchev–Trinajstić information content (AvgIpc) is 2.46. The number of halogens is 1. The molecule has 1 atom stereocenters. The van der Waals surface area contributed by atoms with E-state index in [2.05, 4.69) is 0 Å². The highest BCUT2D eigenvalue weighted by Gasteiger charge is 2.33. The zero-order valence-corrected chi connectivity index (χ0v) is 10.4. The summed E-state index contributed by atoms with van der Waals surface area (Å²) in [6, 6.07) is -0.216. The number of amides is 1. The quantitative estimate of drug-likeness (QED) is 0.565. The number of rotatable bonds is 4. The third-order valence-corrected chi connectivity index (χ3v) is 4.60. The first-order chi connectivity index (χ1) is 6.96. The summed E-state index contributed by atoms with van der Waals surface area (Å²) in [7, 11) is -2.95. The molecule has 1 unspecified atom stereocenters. The smallest absolute Gasteiger partial charge is 0.316 e. The minimum Gasteiger partial charge on any atom is -0.325 e. The fourth-order valence-corrected chi connectivity index (χ4v) is 3.72. The number of carbonyl (C=O) groups excluding carboxylic acids is 1. The summed E-state index contributed by atoms with van der Waals surface area (Å²) in [4.78, 5) is 12.6. The van der Waals surface area contributed by atoms with Crippen LogP contribution in [0.1, 0.15) is 26.2 Å². The number of carbonyl (C=O) groups is 1. The van der Waals surface area contributed by atoms with Gasteiger partial charge >= 0.3 is 5.37 Å². The van der Waals surface area contributed by atoms with E-state index in [0.717, 1.165) is 12.8 Å². The van der Waals surface area contributed by atoms with E-state index in [1.807, 2.05) is 6.92 Å². The van der Waals surface area contributed by atoms with E-state index in [1.165, 1.54) is 4.90 Å². The zero-order valence-electron chi connectivity index (χ0n) is 8.78. The Balaban J connectivity index is 2.61. The molecule has 1 heterocycles. The summed E-state index contributed by atoms with van der Waals surface area (Å²) in [5.74, 6) is 0.236. The SMILES string of the molecule is CCCCN(C(=O)Cl)C1CCS(=O)(=O)C1. The van der Waals surface area contributed by atoms with Crippen molar-refractivity contribution in [3.8, 4) is 0 Å². The van der Waals surface area contributed by atoms with Crippen LogP contribution in [0.25, 0.3) is 0 Å². The van der Waals surface area contributed by atoms with Crippen molar-refractivity contribution in [1.82, 2.24) is 4.90 Å². The van der Waals surface area contributed by atoms with Crippen LogP contribution in [0.15, 0.2) is 0 Å². The van der Waals surface area contributed by atoms with E-state index in [1.54, 1.807) is 0 Å². The molecule has 0 aliphatic carbocycles. The molecule has 0 aromatic carbocycles. The van der Waals surface area contributed by atoms with Gasteiger partial charge in [0, 0.05) is 12.6 Å². The van der Waals surface area contributed by atoms with Gasteiger partial charge in [-0.1, -0.05) is 13.3 Å². The second kappa shape index (κ2) is 5.16. The van der Waals surface area contributed by atoms with E-state index < -0.39 is 15.2 Å². The van der Waals surface area contributed by atoms with Gasteiger partial charge in [0.15, 0.2) is 9.84 Å². The molecule has 0 bridgehead atoms. The number of sulfone groups is 1. The molecule has 1 amide bonds. The van der Waals surface area contributed by atoms with Crippen molar-refractivity contribution < 1.29 is 13.2 Å². The zero-order chi connectivity index (χ0) is 11.5. The number of hydrogen-bond donors (Lipinski definition) is 0. The van der Waals surface area contributed by atoms with Gasteiger partial charge in [-0.25, -0.2) is 8.42 Å². The Hall–Kier alpha value is -0.290. The molecule has 15 heavy (non-hydrogen) atoms. The molecule has 88 valence electrons. The molecule has 0 spiro atoms. The minimum atomic E-state index is -2.95. The Kier molecular flexibility index (Phi) is 4.40. The van der Waals surface area contributed by atoms with Crippen LogP contribution in [-0.4, -0.2) is 42.8 Å². The van der Waals surface area contributed by atoms with Crippen molar-refractivity contribution in [2.24, 2.45) is 0 Å². The van der Waals surface area contributed by atoms with Crippen molar-refractivity contribution >= 4 is 26.8 Å². The lowest BCUT2D eigenvalue weighted by atomic mass is 10.2. The number of nitrogens with zero attached hydrogens (tertiary/aromatic N) is 1. The summed E-state index contributed by atoms with van der Waals surface area (Å²) in [6.45, 7) is 2.57. The van der Waals surface area contributed by atoms with Crippen LogP contribution >= 0.6 is 11.6 Å². The maximum atomic E-state index is 11.3. The lowest BCUT2D eigenvalue weighted by molar-refractivity contribution is 0.203. The molecular weight excluding hydrogens is 238 g/mol. The fraction of sp³-hybridized carbons (Fsp3) is 0.889. The molecule has 0 aromatic rings. The molecule has 0 N–H and O–H groups in total. The van der Waals surface area contributed by atoms with Crippen LogP contribution < -0.4 is 0 Å². The Morgan fingerprint density at radius 1 is 1.53 bits per heavy atom. The third kappa shape index (κ3) is 3.65. The molecule has 4 nitrogen and oxygen atoms in total. The van der Waals surface area contributed by atoms with E-state index in [4.69, 9.17) is 11.6 Å². The summed E-state index contributed by atoms with van der Waals surface area (Å²) in [5, 5.41) is -0.537. The van der Waals surface area contributed by atoms with Gasteiger partial charge in [-0.05, 0) is 24.4 Å². The predicted octanol–water partition coefficient (Wildman–Crippen LogP) is 1.63. The van der Waals surface area contributed by atoms with Crippen molar-refractivity contribution in [3.05, 3.63) is 0 Å². The van der Waals surface area contributed by atoms with Gasteiger partial charge in [-0.15, -0.1) is 0 Å². The number of hydrogen-bond acceptors (Lipinski definition) is 3. The van der Waals surface area contributed by atoms with Gasteiger partial charge in [-0.3, -0.25) is 4.79 Å². The Labute approximate surface area is 95.5 Å². The monoisotopic (exact) mass is 253 g/mol. The Morgan fingerprint density at radius 3 is 2.60 bits per heavy atom. The molecule has 0 saturated carbocycles. The first-order valence-corrected chi connectivity index (χ1v) is 7.32. The Morgan fingerprint density at radius 2 is 2.20 bits per heavy atom. The first-order valence-electron chi connectivity index (χ1n) is 5.13.